The lowest BCUT2D eigenvalue weighted by molar-refractivity contribution is 0.395. The van der Waals surface area contributed by atoms with Crippen LogP contribution in [0.4, 0.5) is 4.39 Å². The largest absolute Gasteiger partial charge is 0.480 e. The van der Waals surface area contributed by atoms with Crippen molar-refractivity contribution in [3.8, 4) is 28.6 Å². The Kier molecular flexibility index (Phi) is 5.47. The maximum Gasteiger partial charge on any atom is 0.232 e. The molecule has 3 N–H and O–H groups in total. The number of nitrogens with zero attached hydrogens (tertiary/aromatic N) is 4. The van der Waals surface area contributed by atoms with Crippen molar-refractivity contribution in [1.82, 2.24) is 15.1 Å². The first-order chi connectivity index (χ1) is 15.5. The molecule has 2 atom stereocenters. The van der Waals surface area contributed by atoms with Crippen molar-refractivity contribution in [3.63, 3.8) is 0 Å². The van der Waals surface area contributed by atoms with Crippen LogP contribution in [0.2, 0.25) is 0 Å². The number of hydrogen-bond donors (Lipinski definition) is 2. The van der Waals surface area contributed by atoms with E-state index in [1.165, 1.54) is 25.6 Å². The summed E-state index contributed by atoms with van der Waals surface area (Å²) >= 11 is 0. The minimum atomic E-state index is -3.19. The quantitative estimate of drug-likeness (QED) is 0.576. The van der Waals surface area contributed by atoms with E-state index in [-0.39, 0.29) is 17.2 Å². The van der Waals surface area contributed by atoms with E-state index in [1.54, 1.807) is 32.0 Å². The summed E-state index contributed by atoms with van der Waals surface area (Å²) in [5, 5.41) is 4.04. The molecule has 174 valence electrons. The van der Waals surface area contributed by atoms with Gasteiger partial charge in [-0.1, -0.05) is 12.1 Å². The molecule has 33 heavy (non-hydrogen) atoms. The number of aromatic nitrogens is 3. The van der Waals surface area contributed by atoms with Gasteiger partial charge in [0.1, 0.15) is 33.3 Å². The Labute approximate surface area is 191 Å². The standard InChI is InChI=1S/C22H25FN6O3S/c1-5-22(12-33(25,30)21(2,3)20(24)28-22)14-8-13(6-7-15(14)23)18-9-16(29-32-18)17-10-27-19(31-4)11-26-17/h6-11,25H,5,12H2,1-4H3,(H2,24,28)/t22-,33?/m0/s1. The first-order valence-corrected chi connectivity index (χ1v) is 12.0. The van der Waals surface area contributed by atoms with E-state index in [9.17, 15) is 4.21 Å². The highest BCUT2D eigenvalue weighted by molar-refractivity contribution is 7.94. The summed E-state index contributed by atoms with van der Waals surface area (Å²) in [5.41, 5.74) is 6.62. The Morgan fingerprint density at radius 1 is 1.24 bits per heavy atom. The first-order valence-electron chi connectivity index (χ1n) is 10.3. The Morgan fingerprint density at radius 3 is 2.61 bits per heavy atom. The third kappa shape index (κ3) is 3.75. The second-order valence-electron chi connectivity index (χ2n) is 8.43. The topological polar surface area (TPSA) is 140 Å². The number of benzene rings is 1. The van der Waals surface area contributed by atoms with Gasteiger partial charge in [-0.05, 0) is 38.5 Å². The van der Waals surface area contributed by atoms with E-state index in [2.05, 4.69) is 20.1 Å². The summed E-state index contributed by atoms with van der Waals surface area (Å²) < 4.78 is 46.2. The van der Waals surface area contributed by atoms with Gasteiger partial charge in [0.15, 0.2) is 5.76 Å². The number of amidine groups is 1. The predicted octanol–water partition coefficient (Wildman–Crippen LogP) is 3.75. The molecule has 11 heteroatoms. The van der Waals surface area contributed by atoms with Crippen LogP contribution in [0.15, 0.2) is 46.2 Å². The van der Waals surface area contributed by atoms with E-state index in [0.29, 0.717) is 35.0 Å². The summed E-state index contributed by atoms with van der Waals surface area (Å²) in [7, 11) is -1.70. The van der Waals surface area contributed by atoms with E-state index in [1.807, 2.05) is 6.92 Å². The molecule has 2 aromatic heterocycles. The molecule has 0 saturated carbocycles. The number of ether oxygens (including phenoxy) is 1. The van der Waals surface area contributed by atoms with Gasteiger partial charge in [0.05, 0.1) is 35.0 Å². The lowest BCUT2D eigenvalue weighted by Crippen LogP contribution is -2.55. The number of halogens is 1. The number of aliphatic imine (C=N–C) groups is 1. The van der Waals surface area contributed by atoms with E-state index < -0.39 is 25.8 Å². The van der Waals surface area contributed by atoms with E-state index >= 15 is 4.39 Å². The zero-order valence-corrected chi connectivity index (χ0v) is 19.6. The Bertz CT molecular complexity index is 1330. The van der Waals surface area contributed by atoms with Crippen LogP contribution in [0.25, 0.3) is 22.7 Å². The molecule has 3 heterocycles. The molecule has 4 rings (SSSR count). The maximum atomic E-state index is 15.1. The number of rotatable bonds is 5. The summed E-state index contributed by atoms with van der Waals surface area (Å²) in [4.78, 5) is 12.9. The molecule has 3 aromatic rings. The molecule has 0 saturated heterocycles. The number of nitrogens with two attached hydrogens (primary N) is 1. The van der Waals surface area contributed by atoms with Crippen LogP contribution in [0.5, 0.6) is 5.88 Å². The van der Waals surface area contributed by atoms with Gasteiger partial charge < -0.3 is 15.0 Å². The van der Waals surface area contributed by atoms with Crippen LogP contribution in [0.3, 0.4) is 0 Å². The van der Waals surface area contributed by atoms with Crippen molar-refractivity contribution in [2.75, 3.05) is 12.9 Å². The van der Waals surface area contributed by atoms with Crippen molar-refractivity contribution >= 4 is 15.6 Å². The van der Waals surface area contributed by atoms with Gasteiger partial charge in [0.25, 0.3) is 0 Å². The van der Waals surface area contributed by atoms with Gasteiger partial charge in [-0.3, -0.25) is 9.77 Å². The van der Waals surface area contributed by atoms with Crippen LogP contribution in [0.1, 0.15) is 32.8 Å². The number of methoxy groups -OCH3 is 1. The molecule has 0 bridgehead atoms. The molecule has 0 aliphatic carbocycles. The van der Waals surface area contributed by atoms with Gasteiger partial charge in [0, 0.05) is 17.2 Å². The van der Waals surface area contributed by atoms with Crippen molar-refractivity contribution in [2.45, 2.75) is 37.5 Å². The molecule has 0 spiro atoms. The maximum absolute atomic E-state index is 15.1. The number of nitrogens with one attached hydrogen (secondary N) is 1. The van der Waals surface area contributed by atoms with Crippen molar-refractivity contribution in [3.05, 3.63) is 48.0 Å². The summed E-state index contributed by atoms with van der Waals surface area (Å²) in [6.45, 7) is 5.07. The van der Waals surface area contributed by atoms with Crippen LogP contribution in [-0.2, 0) is 15.3 Å². The Balaban J connectivity index is 1.78. The molecule has 9 nitrogen and oxygen atoms in total. The first kappa shape index (κ1) is 22.8. The summed E-state index contributed by atoms with van der Waals surface area (Å²) in [6, 6.07) is 6.12. The van der Waals surface area contributed by atoms with Gasteiger partial charge in [0.2, 0.25) is 5.88 Å². The van der Waals surface area contributed by atoms with Gasteiger partial charge >= 0.3 is 0 Å². The third-order valence-corrected chi connectivity index (χ3v) is 8.91. The second kappa shape index (κ2) is 7.91. The third-order valence-electron chi connectivity index (χ3n) is 6.16. The normalized spacial score (nSPS) is 24.3. The fourth-order valence-corrected chi connectivity index (χ4v) is 5.55. The summed E-state index contributed by atoms with van der Waals surface area (Å²) in [6.07, 6.45) is 3.30. The molecule has 1 aliphatic heterocycles. The zero-order valence-electron chi connectivity index (χ0n) is 18.8. The number of hydrogen-bond acceptors (Lipinski definition) is 9. The molecule has 0 fully saturated rings. The second-order valence-corrected chi connectivity index (χ2v) is 11.1. The molecular weight excluding hydrogens is 447 g/mol. The fourth-order valence-electron chi connectivity index (χ4n) is 3.71. The average molecular weight is 473 g/mol. The van der Waals surface area contributed by atoms with Crippen LogP contribution in [-0.4, -0.2) is 42.8 Å². The van der Waals surface area contributed by atoms with Gasteiger partial charge in [-0.25, -0.2) is 18.6 Å². The average Bonchev–Trinajstić information content (AvgIpc) is 3.28. The lowest BCUT2D eigenvalue weighted by Gasteiger charge is -2.41. The van der Waals surface area contributed by atoms with Crippen LogP contribution < -0.4 is 10.5 Å². The van der Waals surface area contributed by atoms with Crippen LogP contribution >= 0.6 is 0 Å². The van der Waals surface area contributed by atoms with Crippen molar-refractivity contribution in [2.24, 2.45) is 10.7 Å². The van der Waals surface area contributed by atoms with E-state index in [4.69, 9.17) is 19.8 Å². The molecular formula is C22H25FN6O3S. The zero-order chi connectivity index (χ0) is 24.0. The van der Waals surface area contributed by atoms with Crippen LogP contribution in [0, 0.1) is 10.6 Å². The van der Waals surface area contributed by atoms with Crippen molar-refractivity contribution < 1.29 is 17.9 Å². The Morgan fingerprint density at radius 2 is 2.00 bits per heavy atom. The van der Waals surface area contributed by atoms with Gasteiger partial charge in [-0.15, -0.1) is 0 Å². The van der Waals surface area contributed by atoms with Gasteiger partial charge in [-0.2, -0.15) is 0 Å². The lowest BCUT2D eigenvalue weighted by atomic mass is 9.87. The highest BCUT2D eigenvalue weighted by Gasteiger charge is 2.48. The highest BCUT2D eigenvalue weighted by atomic mass is 32.2. The molecule has 1 aliphatic rings. The van der Waals surface area contributed by atoms with E-state index in [0.717, 1.165) is 0 Å². The van der Waals surface area contributed by atoms with Crippen molar-refractivity contribution in [1.29, 1.82) is 4.78 Å². The SMILES string of the molecule is CC[C@@]1(c2cc(-c3cc(-c4cnc(OC)cn4)no3)ccc2F)CS(=N)(=O)C(C)(C)C(N)=N1. The molecule has 0 amide bonds. The minimum Gasteiger partial charge on any atom is -0.480 e. The Hall–Kier alpha value is -3.34. The summed E-state index contributed by atoms with van der Waals surface area (Å²) in [5.74, 6) is 0.188. The molecule has 1 unspecified atom stereocenters. The minimum absolute atomic E-state index is 0.0837. The monoisotopic (exact) mass is 472 g/mol. The predicted molar refractivity (Wildman–Crippen MR) is 123 cm³/mol. The smallest absolute Gasteiger partial charge is 0.232 e. The fraction of sp³-hybridized carbons (Fsp3) is 0.364. The molecule has 0 radical (unpaired) electrons. The highest BCUT2D eigenvalue weighted by Crippen LogP contribution is 2.42. The molecule has 1 aromatic carbocycles.